The number of hydrogen-bond donors (Lipinski definition) is 1. The monoisotopic (exact) mass is 382 g/mol. The van der Waals surface area contributed by atoms with Gasteiger partial charge in [0.15, 0.2) is 0 Å². The lowest BCUT2D eigenvalue weighted by Gasteiger charge is -2.24. The molecule has 1 saturated heterocycles. The number of nitrogens with zero attached hydrogens (tertiary/aromatic N) is 1. The normalized spacial score (nSPS) is 16.6. The third-order valence-electron chi connectivity index (χ3n) is 4.73. The molecule has 142 valence electrons. The second-order valence-corrected chi connectivity index (χ2v) is 7.79. The fourth-order valence-electron chi connectivity index (χ4n) is 3.15. The predicted molar refractivity (Wildman–Crippen MR) is 111 cm³/mol. The number of carbonyl (C=O) groups excluding carboxylic acids is 2. The number of benzene rings is 2. The second kappa shape index (κ2) is 9.60. The summed E-state index contributed by atoms with van der Waals surface area (Å²) >= 11 is 1.65. The second-order valence-electron chi connectivity index (χ2n) is 6.72. The molecule has 1 N–H and O–H groups in total. The van der Waals surface area contributed by atoms with Crippen LogP contribution in [0.4, 0.5) is 0 Å². The highest BCUT2D eigenvalue weighted by Crippen LogP contribution is 2.38. The van der Waals surface area contributed by atoms with Crippen LogP contribution in [0.15, 0.2) is 54.6 Å². The minimum atomic E-state index is -0.0360. The Morgan fingerprint density at radius 2 is 1.89 bits per heavy atom. The Kier molecular flexibility index (Phi) is 6.93. The lowest BCUT2D eigenvalue weighted by molar-refractivity contribution is -0.128. The van der Waals surface area contributed by atoms with Crippen molar-refractivity contribution in [2.24, 2.45) is 0 Å². The minimum Gasteiger partial charge on any atom is -0.352 e. The number of nitrogens with one attached hydrogen (secondary N) is 1. The van der Waals surface area contributed by atoms with Gasteiger partial charge in [-0.2, -0.15) is 0 Å². The molecule has 0 bridgehead atoms. The Labute approximate surface area is 165 Å². The van der Waals surface area contributed by atoms with E-state index in [1.807, 2.05) is 47.4 Å². The molecule has 0 aliphatic carbocycles. The fourth-order valence-corrected chi connectivity index (χ4v) is 4.36. The smallest absolute Gasteiger partial charge is 0.251 e. The Morgan fingerprint density at radius 1 is 1.15 bits per heavy atom. The molecule has 2 amide bonds. The average molecular weight is 383 g/mol. The molecule has 3 rings (SSSR count). The third-order valence-corrected chi connectivity index (χ3v) is 5.98. The van der Waals surface area contributed by atoms with Crippen molar-refractivity contribution in [2.45, 2.75) is 31.6 Å². The molecule has 0 saturated carbocycles. The summed E-state index contributed by atoms with van der Waals surface area (Å²) < 4.78 is 0. The number of unbranched alkanes of at least 4 members (excludes halogenated alkanes) is 1. The zero-order valence-electron chi connectivity index (χ0n) is 15.7. The summed E-state index contributed by atoms with van der Waals surface area (Å²) in [6.07, 6.45) is 2.90. The van der Waals surface area contributed by atoms with Crippen molar-refractivity contribution in [3.8, 4) is 0 Å². The molecule has 27 heavy (non-hydrogen) atoms. The highest BCUT2D eigenvalue weighted by Gasteiger charge is 2.32. The molecule has 5 heteroatoms. The first-order valence-electron chi connectivity index (χ1n) is 9.52. The van der Waals surface area contributed by atoms with Crippen molar-refractivity contribution in [3.63, 3.8) is 0 Å². The van der Waals surface area contributed by atoms with Crippen molar-refractivity contribution in [3.05, 3.63) is 71.3 Å². The third kappa shape index (κ3) is 5.13. The maximum absolute atomic E-state index is 12.3. The fraction of sp³-hybridized carbons (Fsp3) is 0.364. The average Bonchev–Trinajstić information content (AvgIpc) is 3.08. The predicted octanol–water partition coefficient (Wildman–Crippen LogP) is 4.03. The van der Waals surface area contributed by atoms with Gasteiger partial charge in [-0.1, -0.05) is 55.8 Å². The van der Waals surface area contributed by atoms with E-state index in [4.69, 9.17) is 0 Å². The summed E-state index contributed by atoms with van der Waals surface area (Å²) in [6, 6.07) is 17.9. The van der Waals surface area contributed by atoms with E-state index in [1.54, 1.807) is 11.8 Å². The molecule has 1 atom stereocenters. The molecule has 0 radical (unpaired) electrons. The first-order valence-corrected chi connectivity index (χ1v) is 10.6. The summed E-state index contributed by atoms with van der Waals surface area (Å²) in [5, 5.41) is 2.96. The maximum Gasteiger partial charge on any atom is 0.251 e. The topological polar surface area (TPSA) is 49.4 Å². The summed E-state index contributed by atoms with van der Waals surface area (Å²) in [7, 11) is 0. The molecule has 2 aromatic rings. The first-order chi connectivity index (χ1) is 13.2. The Morgan fingerprint density at radius 3 is 2.59 bits per heavy atom. The maximum atomic E-state index is 12.3. The highest BCUT2D eigenvalue weighted by molar-refractivity contribution is 8.00. The number of hydrogen-bond acceptors (Lipinski definition) is 3. The summed E-state index contributed by atoms with van der Waals surface area (Å²) in [6.45, 7) is 3.52. The van der Waals surface area contributed by atoms with Gasteiger partial charge in [-0.05, 0) is 36.1 Å². The molecule has 1 heterocycles. The van der Waals surface area contributed by atoms with Crippen LogP contribution in [0, 0.1) is 0 Å². The SMILES string of the molecule is CCCCNC(=O)c1ccc([C@H]2SCC(=O)N2CCc2ccccc2)cc1. The van der Waals surface area contributed by atoms with Gasteiger partial charge in [0, 0.05) is 18.7 Å². The number of carbonyl (C=O) groups is 2. The highest BCUT2D eigenvalue weighted by atomic mass is 32.2. The van der Waals surface area contributed by atoms with Crippen LogP contribution in [0.2, 0.25) is 0 Å². The zero-order chi connectivity index (χ0) is 19.1. The van der Waals surface area contributed by atoms with E-state index in [0.29, 0.717) is 24.4 Å². The largest absolute Gasteiger partial charge is 0.352 e. The molecule has 1 aliphatic heterocycles. The van der Waals surface area contributed by atoms with Crippen molar-refractivity contribution < 1.29 is 9.59 Å². The summed E-state index contributed by atoms with van der Waals surface area (Å²) in [5.74, 6) is 0.659. The van der Waals surface area contributed by atoms with E-state index >= 15 is 0 Å². The van der Waals surface area contributed by atoms with E-state index in [0.717, 1.165) is 24.8 Å². The van der Waals surface area contributed by atoms with Gasteiger partial charge in [0.1, 0.15) is 5.37 Å². The molecule has 2 aromatic carbocycles. The van der Waals surface area contributed by atoms with Crippen LogP contribution in [0.3, 0.4) is 0 Å². The molecule has 0 spiro atoms. The molecule has 1 aliphatic rings. The van der Waals surface area contributed by atoms with Gasteiger partial charge in [-0.15, -0.1) is 11.8 Å². The van der Waals surface area contributed by atoms with Crippen molar-refractivity contribution in [2.75, 3.05) is 18.8 Å². The van der Waals surface area contributed by atoms with E-state index in [1.165, 1.54) is 5.56 Å². The Balaban J connectivity index is 1.63. The van der Waals surface area contributed by atoms with Crippen LogP contribution < -0.4 is 5.32 Å². The molecule has 1 fully saturated rings. The van der Waals surface area contributed by atoms with Gasteiger partial charge in [-0.3, -0.25) is 9.59 Å². The summed E-state index contributed by atoms with van der Waals surface area (Å²) in [4.78, 5) is 26.4. The van der Waals surface area contributed by atoms with Crippen LogP contribution >= 0.6 is 11.8 Å². The van der Waals surface area contributed by atoms with E-state index in [9.17, 15) is 9.59 Å². The van der Waals surface area contributed by atoms with Gasteiger partial charge in [0.05, 0.1) is 5.75 Å². The van der Waals surface area contributed by atoms with Crippen LogP contribution in [-0.4, -0.2) is 35.6 Å². The van der Waals surface area contributed by atoms with E-state index in [2.05, 4.69) is 24.4 Å². The van der Waals surface area contributed by atoms with Crippen molar-refractivity contribution in [1.82, 2.24) is 10.2 Å². The van der Waals surface area contributed by atoms with Crippen LogP contribution in [-0.2, 0) is 11.2 Å². The first kappa shape index (κ1) is 19.5. The lowest BCUT2D eigenvalue weighted by Crippen LogP contribution is -2.30. The molecule has 4 nitrogen and oxygen atoms in total. The Bertz CT molecular complexity index is 762. The van der Waals surface area contributed by atoms with Gasteiger partial charge < -0.3 is 10.2 Å². The number of amides is 2. The molecule has 0 aromatic heterocycles. The standard InChI is InChI=1S/C22H26N2O2S/c1-2-3-14-23-21(26)18-9-11-19(12-10-18)22-24(20(25)16-27-22)15-13-17-7-5-4-6-8-17/h4-12,22H,2-3,13-16H2,1H3,(H,23,26)/t22-/m1/s1. The van der Waals surface area contributed by atoms with E-state index in [-0.39, 0.29) is 17.2 Å². The zero-order valence-corrected chi connectivity index (χ0v) is 16.5. The van der Waals surface area contributed by atoms with Crippen molar-refractivity contribution >= 4 is 23.6 Å². The van der Waals surface area contributed by atoms with Crippen LogP contribution in [0.1, 0.15) is 46.6 Å². The number of rotatable bonds is 8. The molecule has 0 unspecified atom stereocenters. The quantitative estimate of drug-likeness (QED) is 0.701. The molecular formula is C22H26N2O2S. The lowest BCUT2D eigenvalue weighted by atomic mass is 10.1. The van der Waals surface area contributed by atoms with Gasteiger partial charge in [0.25, 0.3) is 5.91 Å². The minimum absolute atomic E-state index is 0.0263. The van der Waals surface area contributed by atoms with Crippen LogP contribution in [0.25, 0.3) is 0 Å². The molecular weight excluding hydrogens is 356 g/mol. The summed E-state index contributed by atoms with van der Waals surface area (Å²) in [5.41, 5.74) is 2.98. The van der Waals surface area contributed by atoms with E-state index < -0.39 is 0 Å². The van der Waals surface area contributed by atoms with Gasteiger partial charge >= 0.3 is 0 Å². The Hall–Kier alpha value is -2.27. The van der Waals surface area contributed by atoms with Gasteiger partial charge in [0.2, 0.25) is 5.91 Å². The van der Waals surface area contributed by atoms with Crippen molar-refractivity contribution in [1.29, 1.82) is 0 Å². The van der Waals surface area contributed by atoms with Crippen LogP contribution in [0.5, 0.6) is 0 Å². The van der Waals surface area contributed by atoms with Gasteiger partial charge in [-0.25, -0.2) is 0 Å². The number of thioether (sulfide) groups is 1.